The van der Waals surface area contributed by atoms with Gasteiger partial charge in [0.2, 0.25) is 5.91 Å². The highest BCUT2D eigenvalue weighted by Gasteiger charge is 2.28. The molecule has 2 heterocycles. The SMILES string of the molecule is CC(C(=O)NC(CO)c1ccco1)C1CCOCC1. The van der Waals surface area contributed by atoms with E-state index in [4.69, 9.17) is 9.15 Å². The molecule has 5 heteroatoms. The molecular formula is C14H21NO4. The molecule has 1 aliphatic rings. The highest BCUT2D eigenvalue weighted by Crippen LogP contribution is 2.24. The molecule has 1 fully saturated rings. The first-order chi connectivity index (χ1) is 9.22. The summed E-state index contributed by atoms with van der Waals surface area (Å²) >= 11 is 0. The molecular weight excluding hydrogens is 246 g/mol. The Kier molecular flexibility index (Phi) is 4.99. The van der Waals surface area contributed by atoms with Crippen molar-refractivity contribution in [3.05, 3.63) is 24.2 Å². The number of amides is 1. The van der Waals surface area contributed by atoms with E-state index < -0.39 is 6.04 Å². The third-order valence-corrected chi connectivity index (χ3v) is 3.77. The second-order valence-electron chi connectivity index (χ2n) is 5.00. The van der Waals surface area contributed by atoms with E-state index in [2.05, 4.69) is 5.32 Å². The summed E-state index contributed by atoms with van der Waals surface area (Å²) in [6.07, 6.45) is 3.37. The average Bonchev–Trinajstić information content (AvgIpc) is 2.98. The van der Waals surface area contributed by atoms with Crippen molar-refractivity contribution < 1.29 is 19.1 Å². The summed E-state index contributed by atoms with van der Waals surface area (Å²) in [5, 5.41) is 12.2. The number of hydrogen-bond acceptors (Lipinski definition) is 4. The van der Waals surface area contributed by atoms with Gasteiger partial charge in [0, 0.05) is 19.1 Å². The lowest BCUT2D eigenvalue weighted by molar-refractivity contribution is -0.128. The standard InChI is InChI=1S/C14H21NO4/c1-10(11-4-7-18-8-5-11)14(17)15-12(9-16)13-3-2-6-19-13/h2-3,6,10-12,16H,4-5,7-9H2,1H3,(H,15,17). The predicted molar refractivity (Wildman–Crippen MR) is 69.4 cm³/mol. The van der Waals surface area contributed by atoms with Crippen molar-refractivity contribution >= 4 is 5.91 Å². The average molecular weight is 267 g/mol. The van der Waals surface area contributed by atoms with Crippen molar-refractivity contribution in [2.75, 3.05) is 19.8 Å². The zero-order valence-corrected chi connectivity index (χ0v) is 11.2. The van der Waals surface area contributed by atoms with Crippen molar-refractivity contribution in [2.45, 2.75) is 25.8 Å². The number of carbonyl (C=O) groups is 1. The van der Waals surface area contributed by atoms with Crippen LogP contribution < -0.4 is 5.32 Å². The molecule has 19 heavy (non-hydrogen) atoms. The maximum absolute atomic E-state index is 12.2. The van der Waals surface area contributed by atoms with Crippen LogP contribution in [-0.2, 0) is 9.53 Å². The Morgan fingerprint density at radius 3 is 2.84 bits per heavy atom. The third kappa shape index (κ3) is 3.58. The monoisotopic (exact) mass is 267 g/mol. The van der Waals surface area contributed by atoms with Crippen molar-refractivity contribution in [1.29, 1.82) is 0 Å². The molecule has 2 atom stereocenters. The minimum atomic E-state index is -0.468. The molecule has 0 aliphatic carbocycles. The van der Waals surface area contributed by atoms with Crippen LogP contribution in [0.15, 0.2) is 22.8 Å². The summed E-state index contributed by atoms with van der Waals surface area (Å²) in [5.41, 5.74) is 0. The number of nitrogens with one attached hydrogen (secondary N) is 1. The third-order valence-electron chi connectivity index (χ3n) is 3.77. The summed E-state index contributed by atoms with van der Waals surface area (Å²) in [6.45, 7) is 3.22. The lowest BCUT2D eigenvalue weighted by Gasteiger charge is -2.28. The quantitative estimate of drug-likeness (QED) is 0.848. The second kappa shape index (κ2) is 6.73. The van der Waals surface area contributed by atoms with Crippen LogP contribution in [0.4, 0.5) is 0 Å². The van der Waals surface area contributed by atoms with E-state index in [0.717, 1.165) is 26.1 Å². The Morgan fingerprint density at radius 2 is 2.26 bits per heavy atom. The maximum atomic E-state index is 12.2. The molecule has 1 aromatic rings. The molecule has 0 bridgehead atoms. The molecule has 0 saturated carbocycles. The van der Waals surface area contributed by atoms with Crippen LogP contribution >= 0.6 is 0 Å². The zero-order chi connectivity index (χ0) is 13.7. The van der Waals surface area contributed by atoms with Gasteiger partial charge >= 0.3 is 0 Å². The van der Waals surface area contributed by atoms with E-state index in [9.17, 15) is 9.90 Å². The Balaban J connectivity index is 1.91. The molecule has 106 valence electrons. The Labute approximate surface area is 112 Å². The van der Waals surface area contributed by atoms with Gasteiger partial charge in [-0.1, -0.05) is 6.92 Å². The summed E-state index contributed by atoms with van der Waals surface area (Å²) in [4.78, 5) is 12.2. The lowest BCUT2D eigenvalue weighted by Crippen LogP contribution is -2.38. The van der Waals surface area contributed by atoms with Gasteiger partial charge in [-0.25, -0.2) is 0 Å². The second-order valence-corrected chi connectivity index (χ2v) is 5.00. The van der Waals surface area contributed by atoms with Crippen LogP contribution in [0.2, 0.25) is 0 Å². The molecule has 1 aromatic heterocycles. The molecule has 2 N–H and O–H groups in total. The fourth-order valence-electron chi connectivity index (χ4n) is 2.43. The van der Waals surface area contributed by atoms with Crippen LogP contribution in [0.1, 0.15) is 31.6 Å². The van der Waals surface area contributed by atoms with E-state index in [0.29, 0.717) is 11.7 Å². The van der Waals surface area contributed by atoms with Gasteiger partial charge in [0.05, 0.1) is 12.9 Å². The smallest absolute Gasteiger partial charge is 0.223 e. The van der Waals surface area contributed by atoms with E-state index >= 15 is 0 Å². The van der Waals surface area contributed by atoms with Crippen LogP contribution in [0, 0.1) is 11.8 Å². The van der Waals surface area contributed by atoms with Crippen LogP contribution in [-0.4, -0.2) is 30.8 Å². The number of rotatable bonds is 5. The van der Waals surface area contributed by atoms with Gasteiger partial charge in [0.1, 0.15) is 11.8 Å². The van der Waals surface area contributed by atoms with Gasteiger partial charge in [-0.3, -0.25) is 4.79 Å². The molecule has 0 radical (unpaired) electrons. The number of furan rings is 1. The fraction of sp³-hybridized carbons (Fsp3) is 0.643. The van der Waals surface area contributed by atoms with Gasteiger partial charge in [0.25, 0.3) is 0 Å². The first kappa shape index (κ1) is 14.1. The molecule has 0 aromatic carbocycles. The highest BCUT2D eigenvalue weighted by atomic mass is 16.5. The predicted octanol–water partition coefficient (Wildman–Crippen LogP) is 1.49. The normalized spacial score (nSPS) is 19.9. The van der Waals surface area contributed by atoms with Gasteiger partial charge in [0.15, 0.2) is 0 Å². The van der Waals surface area contributed by atoms with Crippen LogP contribution in [0.5, 0.6) is 0 Å². The minimum Gasteiger partial charge on any atom is -0.467 e. The van der Waals surface area contributed by atoms with Crippen LogP contribution in [0.3, 0.4) is 0 Å². The Hall–Kier alpha value is -1.33. The highest BCUT2D eigenvalue weighted by molar-refractivity contribution is 5.79. The van der Waals surface area contributed by atoms with Gasteiger partial charge in [-0.2, -0.15) is 0 Å². The maximum Gasteiger partial charge on any atom is 0.223 e. The largest absolute Gasteiger partial charge is 0.467 e. The molecule has 1 aliphatic heterocycles. The fourth-order valence-corrected chi connectivity index (χ4v) is 2.43. The number of aliphatic hydroxyl groups is 1. The number of ether oxygens (including phenoxy) is 1. The van der Waals surface area contributed by atoms with Crippen molar-refractivity contribution in [2.24, 2.45) is 11.8 Å². The van der Waals surface area contributed by atoms with Gasteiger partial charge in [-0.05, 0) is 30.9 Å². The zero-order valence-electron chi connectivity index (χ0n) is 11.2. The Bertz CT molecular complexity index is 384. The molecule has 2 rings (SSSR count). The molecule has 1 amide bonds. The Morgan fingerprint density at radius 1 is 1.53 bits per heavy atom. The van der Waals surface area contributed by atoms with Crippen LogP contribution in [0.25, 0.3) is 0 Å². The van der Waals surface area contributed by atoms with E-state index in [1.165, 1.54) is 6.26 Å². The molecule has 5 nitrogen and oxygen atoms in total. The topological polar surface area (TPSA) is 71.7 Å². The molecule has 1 saturated heterocycles. The number of aliphatic hydroxyl groups excluding tert-OH is 1. The van der Waals surface area contributed by atoms with Crippen molar-refractivity contribution in [3.8, 4) is 0 Å². The van der Waals surface area contributed by atoms with Gasteiger partial charge < -0.3 is 19.6 Å². The van der Waals surface area contributed by atoms with E-state index in [-0.39, 0.29) is 18.4 Å². The van der Waals surface area contributed by atoms with Crippen molar-refractivity contribution in [3.63, 3.8) is 0 Å². The van der Waals surface area contributed by atoms with E-state index in [1.807, 2.05) is 6.92 Å². The summed E-state index contributed by atoms with van der Waals surface area (Å²) in [6, 6.07) is 3.02. The number of hydrogen-bond donors (Lipinski definition) is 2. The summed E-state index contributed by atoms with van der Waals surface area (Å²) in [7, 11) is 0. The molecule has 2 unspecified atom stereocenters. The van der Waals surface area contributed by atoms with Gasteiger partial charge in [-0.15, -0.1) is 0 Å². The lowest BCUT2D eigenvalue weighted by atomic mass is 9.86. The molecule has 0 spiro atoms. The minimum absolute atomic E-state index is 0.0395. The summed E-state index contributed by atoms with van der Waals surface area (Å²) < 4.78 is 10.5. The van der Waals surface area contributed by atoms with Crippen molar-refractivity contribution in [1.82, 2.24) is 5.32 Å². The first-order valence-electron chi connectivity index (χ1n) is 6.74. The number of carbonyl (C=O) groups excluding carboxylic acids is 1. The summed E-state index contributed by atoms with van der Waals surface area (Å²) in [5.74, 6) is 0.815. The first-order valence-corrected chi connectivity index (χ1v) is 6.74. The van der Waals surface area contributed by atoms with E-state index in [1.54, 1.807) is 12.1 Å².